The maximum Gasteiger partial charge on any atom is 0.363 e. The second-order valence-electron chi connectivity index (χ2n) is 4.32. The fraction of sp³-hybridized carbons (Fsp3) is 0.0667. The molecule has 0 unspecified atom stereocenters. The molecule has 0 spiro atoms. The summed E-state index contributed by atoms with van der Waals surface area (Å²) in [6.45, 7) is 1.91. The Morgan fingerprint density at radius 3 is 2.90 bits per heavy atom. The number of halogens is 1. The zero-order chi connectivity index (χ0) is 14.1. The molecule has 3 rings (SSSR count). The summed E-state index contributed by atoms with van der Waals surface area (Å²) in [5.74, 6) is -0.148. The highest BCUT2D eigenvalue weighted by Crippen LogP contribution is 2.23. The van der Waals surface area contributed by atoms with E-state index in [2.05, 4.69) is 4.99 Å². The Labute approximate surface area is 125 Å². The maximum absolute atomic E-state index is 11.8. The van der Waals surface area contributed by atoms with E-state index in [-0.39, 0.29) is 0 Å². The number of nitrogens with zero attached hydrogens (tertiary/aromatic N) is 1. The number of rotatable bonds is 2. The Kier molecular flexibility index (Phi) is 3.42. The zero-order valence-corrected chi connectivity index (χ0v) is 12.2. The van der Waals surface area contributed by atoms with Gasteiger partial charge < -0.3 is 4.74 Å². The van der Waals surface area contributed by atoms with Gasteiger partial charge in [0.05, 0.1) is 0 Å². The molecule has 5 heteroatoms. The third-order valence-corrected chi connectivity index (χ3v) is 4.09. The van der Waals surface area contributed by atoms with Crippen molar-refractivity contribution in [3.63, 3.8) is 0 Å². The van der Waals surface area contributed by atoms with E-state index in [1.54, 1.807) is 12.1 Å². The minimum Gasteiger partial charge on any atom is -0.402 e. The number of cyclic esters (lactones) is 1. The highest BCUT2D eigenvalue weighted by Gasteiger charge is 2.24. The predicted octanol–water partition coefficient (Wildman–Crippen LogP) is 4.05. The monoisotopic (exact) mass is 303 g/mol. The lowest BCUT2D eigenvalue weighted by Crippen LogP contribution is -2.05. The van der Waals surface area contributed by atoms with Crippen LogP contribution in [0.1, 0.15) is 16.0 Å². The topological polar surface area (TPSA) is 38.7 Å². The average Bonchev–Trinajstić information content (AvgIpc) is 3.04. The molecule has 1 aliphatic heterocycles. The molecule has 0 atom stereocenters. The second kappa shape index (κ2) is 5.23. The summed E-state index contributed by atoms with van der Waals surface area (Å²) in [6, 6.07) is 9.29. The number of carbonyl (C=O) groups is 1. The smallest absolute Gasteiger partial charge is 0.363 e. The predicted molar refractivity (Wildman–Crippen MR) is 81.1 cm³/mol. The average molecular weight is 304 g/mol. The van der Waals surface area contributed by atoms with Crippen molar-refractivity contribution >= 4 is 40.9 Å². The first kappa shape index (κ1) is 13.1. The van der Waals surface area contributed by atoms with Crippen molar-refractivity contribution in [2.75, 3.05) is 0 Å². The van der Waals surface area contributed by atoms with Gasteiger partial charge in [0.1, 0.15) is 0 Å². The molecule has 0 N–H and O–H groups in total. The van der Waals surface area contributed by atoms with E-state index >= 15 is 0 Å². The third-order valence-electron chi connectivity index (χ3n) is 2.86. The summed E-state index contributed by atoms with van der Waals surface area (Å²) in [5.41, 5.74) is 1.97. The van der Waals surface area contributed by atoms with Gasteiger partial charge in [-0.25, -0.2) is 9.79 Å². The minimum absolute atomic E-state index is 0.291. The molecule has 0 fully saturated rings. The van der Waals surface area contributed by atoms with Gasteiger partial charge in [-0.1, -0.05) is 23.7 Å². The molecule has 0 saturated heterocycles. The van der Waals surface area contributed by atoms with Crippen LogP contribution in [0, 0.1) is 6.92 Å². The largest absolute Gasteiger partial charge is 0.402 e. The first-order valence-electron chi connectivity index (χ1n) is 5.96. The number of benzene rings is 1. The lowest BCUT2D eigenvalue weighted by atomic mass is 10.1. The van der Waals surface area contributed by atoms with Crippen molar-refractivity contribution in [1.29, 1.82) is 0 Å². The summed E-state index contributed by atoms with van der Waals surface area (Å²) >= 11 is 7.61. The molecule has 1 aromatic heterocycles. The van der Waals surface area contributed by atoms with Crippen molar-refractivity contribution in [3.8, 4) is 0 Å². The van der Waals surface area contributed by atoms with Crippen LogP contribution >= 0.6 is 22.9 Å². The molecular weight excluding hydrogens is 294 g/mol. The van der Waals surface area contributed by atoms with E-state index < -0.39 is 5.97 Å². The lowest BCUT2D eigenvalue weighted by Gasteiger charge is -2.02. The van der Waals surface area contributed by atoms with Crippen molar-refractivity contribution in [2.24, 2.45) is 4.99 Å². The van der Waals surface area contributed by atoms with Gasteiger partial charge in [-0.3, -0.25) is 0 Å². The quantitative estimate of drug-likeness (QED) is 0.620. The number of aliphatic imine (C=N–C) groups is 1. The van der Waals surface area contributed by atoms with Crippen LogP contribution in [0.5, 0.6) is 0 Å². The Morgan fingerprint density at radius 2 is 2.20 bits per heavy atom. The molecule has 0 bridgehead atoms. The molecule has 0 radical (unpaired) electrons. The van der Waals surface area contributed by atoms with E-state index in [1.165, 1.54) is 11.3 Å². The summed E-state index contributed by atoms with van der Waals surface area (Å²) in [6.07, 6.45) is 1.72. The number of esters is 1. The van der Waals surface area contributed by atoms with Crippen LogP contribution in [0.15, 0.2) is 46.4 Å². The molecule has 0 amide bonds. The Balaban J connectivity index is 1.96. The maximum atomic E-state index is 11.8. The van der Waals surface area contributed by atoms with Gasteiger partial charge in [-0.15, -0.1) is 11.3 Å². The summed E-state index contributed by atoms with van der Waals surface area (Å²) in [4.78, 5) is 17.0. The van der Waals surface area contributed by atoms with Crippen LogP contribution in [-0.2, 0) is 9.53 Å². The van der Waals surface area contributed by atoms with Crippen LogP contribution in [0.2, 0.25) is 5.02 Å². The number of carbonyl (C=O) groups excluding carboxylic acids is 1. The second-order valence-corrected chi connectivity index (χ2v) is 5.70. The van der Waals surface area contributed by atoms with E-state index in [4.69, 9.17) is 16.3 Å². The van der Waals surface area contributed by atoms with Gasteiger partial charge in [0.15, 0.2) is 5.70 Å². The molecule has 20 heavy (non-hydrogen) atoms. The van der Waals surface area contributed by atoms with Crippen LogP contribution in [-0.4, -0.2) is 11.9 Å². The number of ether oxygens (including phenoxy) is 1. The van der Waals surface area contributed by atoms with Gasteiger partial charge >= 0.3 is 5.97 Å². The fourth-order valence-electron chi connectivity index (χ4n) is 1.77. The standard InChI is InChI=1S/C15H10ClNO2S/c1-9-4-5-10(7-12(9)16)14-17-13(15(18)19-14)8-11-3-2-6-20-11/h2-8H,1H3/b13-8+. The number of hydrogen-bond acceptors (Lipinski definition) is 4. The molecule has 0 saturated carbocycles. The normalized spacial score (nSPS) is 16.4. The fourth-order valence-corrected chi connectivity index (χ4v) is 2.60. The van der Waals surface area contributed by atoms with Crippen LogP contribution in [0.25, 0.3) is 6.08 Å². The van der Waals surface area contributed by atoms with Gasteiger partial charge in [0, 0.05) is 15.5 Å². The van der Waals surface area contributed by atoms with Gasteiger partial charge in [-0.05, 0) is 42.1 Å². The van der Waals surface area contributed by atoms with Crippen LogP contribution in [0.4, 0.5) is 0 Å². The highest BCUT2D eigenvalue weighted by atomic mass is 35.5. The van der Waals surface area contributed by atoms with Crippen molar-refractivity contribution in [1.82, 2.24) is 0 Å². The van der Waals surface area contributed by atoms with Gasteiger partial charge in [0.25, 0.3) is 0 Å². The third kappa shape index (κ3) is 2.53. The summed E-state index contributed by atoms with van der Waals surface area (Å²) in [5, 5.41) is 2.56. The Bertz CT molecular complexity index is 732. The first-order chi connectivity index (χ1) is 9.63. The van der Waals surface area contributed by atoms with E-state index in [0.717, 1.165) is 10.4 Å². The van der Waals surface area contributed by atoms with Crippen LogP contribution in [0.3, 0.4) is 0 Å². The van der Waals surface area contributed by atoms with Crippen LogP contribution < -0.4 is 0 Å². The van der Waals surface area contributed by atoms with E-state index in [1.807, 2.05) is 36.6 Å². The Hall–Kier alpha value is -1.91. The van der Waals surface area contributed by atoms with Crippen molar-refractivity contribution in [3.05, 3.63) is 62.4 Å². The molecule has 2 heterocycles. The molecule has 1 aromatic carbocycles. The number of hydrogen-bond donors (Lipinski definition) is 0. The zero-order valence-electron chi connectivity index (χ0n) is 10.6. The molecule has 3 nitrogen and oxygen atoms in total. The van der Waals surface area contributed by atoms with E-state index in [0.29, 0.717) is 22.2 Å². The van der Waals surface area contributed by atoms with Gasteiger partial charge in [-0.2, -0.15) is 0 Å². The summed E-state index contributed by atoms with van der Waals surface area (Å²) < 4.78 is 5.19. The molecule has 100 valence electrons. The molecule has 2 aromatic rings. The SMILES string of the molecule is Cc1ccc(C2=N/C(=C/c3cccs3)C(=O)O2)cc1Cl. The van der Waals surface area contributed by atoms with Crippen molar-refractivity contribution in [2.45, 2.75) is 6.92 Å². The van der Waals surface area contributed by atoms with Gasteiger partial charge in [0.2, 0.25) is 5.90 Å². The molecule has 0 aliphatic carbocycles. The number of aryl methyl sites for hydroxylation is 1. The molecule has 1 aliphatic rings. The summed E-state index contributed by atoms with van der Waals surface area (Å²) in [7, 11) is 0. The number of thiophene rings is 1. The van der Waals surface area contributed by atoms with Crippen molar-refractivity contribution < 1.29 is 9.53 Å². The molecular formula is C15H10ClNO2S. The Morgan fingerprint density at radius 1 is 1.35 bits per heavy atom. The lowest BCUT2D eigenvalue weighted by molar-refractivity contribution is -0.129. The highest BCUT2D eigenvalue weighted by molar-refractivity contribution is 7.10. The minimum atomic E-state index is -0.440. The first-order valence-corrected chi connectivity index (χ1v) is 7.22. The van der Waals surface area contributed by atoms with E-state index in [9.17, 15) is 4.79 Å².